The van der Waals surface area contributed by atoms with Crippen molar-refractivity contribution in [3.63, 3.8) is 0 Å². The lowest BCUT2D eigenvalue weighted by molar-refractivity contribution is 0.0870. The second-order valence-electron chi connectivity index (χ2n) is 3.19. The fourth-order valence-corrected chi connectivity index (χ4v) is 1.61. The number of rotatable bonds is 3. The molecule has 0 aliphatic carbocycles. The molecule has 0 atom stereocenters. The van der Waals surface area contributed by atoms with Crippen LogP contribution in [-0.4, -0.2) is 17.3 Å². The Hall–Kier alpha value is -1.39. The van der Waals surface area contributed by atoms with Crippen molar-refractivity contribution in [3.8, 4) is 0 Å². The Balaban J connectivity index is 2.46. The Kier molecular flexibility index (Phi) is 2.47. The van der Waals surface area contributed by atoms with Crippen molar-refractivity contribution in [2.45, 2.75) is 13.5 Å². The number of nitrogens with zero attached hydrogens (tertiary/aromatic N) is 1. The molecule has 0 radical (unpaired) electrons. The Labute approximate surface area is 82.2 Å². The van der Waals surface area contributed by atoms with Crippen LogP contribution in [0.25, 0.3) is 10.9 Å². The van der Waals surface area contributed by atoms with Crippen molar-refractivity contribution >= 4 is 10.9 Å². The van der Waals surface area contributed by atoms with E-state index in [0.717, 1.165) is 11.2 Å². The van der Waals surface area contributed by atoms with Crippen molar-refractivity contribution in [1.29, 1.82) is 0 Å². The van der Waals surface area contributed by atoms with Crippen LogP contribution < -0.4 is 5.48 Å². The molecule has 0 fully saturated rings. The van der Waals surface area contributed by atoms with Crippen LogP contribution in [0, 0.1) is 6.92 Å². The minimum absolute atomic E-state index is 0.689. The molecule has 0 spiro atoms. The van der Waals surface area contributed by atoms with Gasteiger partial charge in [-0.2, -0.15) is 10.6 Å². The highest BCUT2D eigenvalue weighted by atomic mass is 16.6. The number of aryl methyl sites for hydroxylation is 1. The molecule has 0 saturated carbocycles. The largest absolute Gasteiger partial charge is 0.305 e. The molecule has 0 unspecified atom stereocenters. The lowest BCUT2D eigenvalue weighted by Crippen LogP contribution is -2.10. The first-order chi connectivity index (χ1) is 6.83. The molecule has 4 heteroatoms. The van der Waals surface area contributed by atoms with Crippen molar-refractivity contribution < 1.29 is 4.84 Å². The number of hydrogen-bond acceptors (Lipinski definition) is 3. The van der Waals surface area contributed by atoms with E-state index in [9.17, 15) is 0 Å². The standard InChI is InChI=1S/C10H13N3O/c1-7-10-8(6-11-14-2)4-3-5-9(10)13-12-7/h3-5,11H,6H2,1-2H3,(H,12,13). The zero-order valence-electron chi connectivity index (χ0n) is 8.29. The van der Waals surface area contributed by atoms with Crippen LogP contribution in [0.3, 0.4) is 0 Å². The van der Waals surface area contributed by atoms with E-state index in [-0.39, 0.29) is 0 Å². The lowest BCUT2D eigenvalue weighted by atomic mass is 10.1. The normalized spacial score (nSPS) is 11.0. The predicted octanol–water partition coefficient (Wildman–Crippen LogP) is 1.52. The van der Waals surface area contributed by atoms with Crippen LogP contribution in [0.4, 0.5) is 0 Å². The zero-order chi connectivity index (χ0) is 9.97. The van der Waals surface area contributed by atoms with Crippen molar-refractivity contribution in [3.05, 3.63) is 29.5 Å². The SMILES string of the molecule is CONCc1cccc2n[nH]c(C)c12. The van der Waals surface area contributed by atoms with Crippen molar-refractivity contribution in [2.75, 3.05) is 7.11 Å². The molecule has 0 aliphatic heterocycles. The first kappa shape index (κ1) is 9.18. The minimum Gasteiger partial charge on any atom is -0.305 e. The van der Waals surface area contributed by atoms with Gasteiger partial charge in [-0.1, -0.05) is 12.1 Å². The summed E-state index contributed by atoms with van der Waals surface area (Å²) in [4.78, 5) is 4.83. The number of nitrogens with one attached hydrogen (secondary N) is 2. The lowest BCUT2D eigenvalue weighted by Gasteiger charge is -2.03. The molecule has 0 aliphatic rings. The number of aromatic nitrogens is 2. The van der Waals surface area contributed by atoms with Gasteiger partial charge in [0.15, 0.2) is 0 Å². The Morgan fingerprint density at radius 3 is 3.14 bits per heavy atom. The van der Waals surface area contributed by atoms with Crippen LogP contribution in [0.15, 0.2) is 18.2 Å². The quantitative estimate of drug-likeness (QED) is 0.723. The van der Waals surface area contributed by atoms with Gasteiger partial charge in [-0.25, -0.2) is 0 Å². The summed E-state index contributed by atoms with van der Waals surface area (Å²) < 4.78 is 0. The van der Waals surface area contributed by atoms with Gasteiger partial charge < -0.3 is 4.84 Å². The number of H-pyrrole nitrogens is 1. The first-order valence-corrected chi connectivity index (χ1v) is 4.51. The summed E-state index contributed by atoms with van der Waals surface area (Å²) in [5, 5.41) is 8.35. The molecule has 14 heavy (non-hydrogen) atoms. The van der Waals surface area contributed by atoms with E-state index in [4.69, 9.17) is 4.84 Å². The summed E-state index contributed by atoms with van der Waals surface area (Å²) in [6, 6.07) is 6.06. The Morgan fingerprint density at radius 1 is 1.50 bits per heavy atom. The molecule has 1 heterocycles. The maximum Gasteiger partial charge on any atom is 0.0926 e. The molecule has 4 nitrogen and oxygen atoms in total. The second-order valence-corrected chi connectivity index (χ2v) is 3.19. The molecular formula is C10H13N3O. The van der Waals surface area contributed by atoms with Gasteiger partial charge in [0.2, 0.25) is 0 Å². The third-order valence-electron chi connectivity index (χ3n) is 2.25. The van der Waals surface area contributed by atoms with Gasteiger partial charge in [0.05, 0.1) is 12.6 Å². The van der Waals surface area contributed by atoms with Gasteiger partial charge in [-0.15, -0.1) is 0 Å². The minimum atomic E-state index is 0.689. The Morgan fingerprint density at radius 2 is 2.36 bits per heavy atom. The van der Waals surface area contributed by atoms with E-state index in [2.05, 4.69) is 21.7 Å². The molecule has 74 valence electrons. The van der Waals surface area contributed by atoms with Crippen molar-refractivity contribution in [1.82, 2.24) is 15.7 Å². The number of hydrogen-bond donors (Lipinski definition) is 2. The van der Waals surface area contributed by atoms with Gasteiger partial charge >= 0.3 is 0 Å². The number of aromatic amines is 1. The molecule has 0 saturated heterocycles. The van der Waals surface area contributed by atoms with Crippen LogP contribution in [0.5, 0.6) is 0 Å². The van der Waals surface area contributed by atoms with E-state index in [1.54, 1.807) is 7.11 Å². The number of benzene rings is 1. The Bertz CT molecular complexity index is 436. The fourth-order valence-electron chi connectivity index (χ4n) is 1.61. The average Bonchev–Trinajstić information content (AvgIpc) is 2.58. The maximum atomic E-state index is 4.83. The number of fused-ring (bicyclic) bond motifs is 1. The molecular weight excluding hydrogens is 178 g/mol. The summed E-state index contributed by atoms with van der Waals surface area (Å²) in [7, 11) is 1.61. The van der Waals surface area contributed by atoms with Crippen LogP contribution >= 0.6 is 0 Å². The molecule has 2 rings (SSSR count). The average molecular weight is 191 g/mol. The topological polar surface area (TPSA) is 49.9 Å². The van der Waals surface area contributed by atoms with Gasteiger partial charge in [0, 0.05) is 17.6 Å². The monoisotopic (exact) mass is 191 g/mol. The van der Waals surface area contributed by atoms with Gasteiger partial charge in [0.1, 0.15) is 0 Å². The summed E-state index contributed by atoms with van der Waals surface area (Å²) in [5.41, 5.74) is 6.11. The molecule has 2 N–H and O–H groups in total. The summed E-state index contributed by atoms with van der Waals surface area (Å²) in [6.45, 7) is 2.71. The smallest absolute Gasteiger partial charge is 0.0926 e. The van der Waals surface area contributed by atoms with E-state index < -0.39 is 0 Å². The third kappa shape index (κ3) is 1.49. The van der Waals surface area contributed by atoms with E-state index in [1.807, 2.05) is 19.1 Å². The summed E-state index contributed by atoms with van der Waals surface area (Å²) in [5.74, 6) is 0. The molecule has 2 aromatic rings. The molecule has 0 amide bonds. The van der Waals surface area contributed by atoms with Gasteiger partial charge in [0.25, 0.3) is 0 Å². The highest BCUT2D eigenvalue weighted by molar-refractivity contribution is 5.84. The van der Waals surface area contributed by atoms with E-state index in [1.165, 1.54) is 10.9 Å². The fraction of sp³-hybridized carbons (Fsp3) is 0.300. The second kappa shape index (κ2) is 3.77. The third-order valence-corrected chi connectivity index (χ3v) is 2.25. The predicted molar refractivity (Wildman–Crippen MR) is 54.7 cm³/mol. The summed E-state index contributed by atoms with van der Waals surface area (Å²) >= 11 is 0. The van der Waals surface area contributed by atoms with Crippen LogP contribution in [0.1, 0.15) is 11.3 Å². The van der Waals surface area contributed by atoms with Gasteiger partial charge in [-0.05, 0) is 18.6 Å². The number of hydroxylamine groups is 1. The van der Waals surface area contributed by atoms with Gasteiger partial charge in [-0.3, -0.25) is 5.10 Å². The highest BCUT2D eigenvalue weighted by Crippen LogP contribution is 2.19. The molecule has 0 bridgehead atoms. The van der Waals surface area contributed by atoms with E-state index >= 15 is 0 Å². The van der Waals surface area contributed by atoms with E-state index in [0.29, 0.717) is 6.54 Å². The zero-order valence-corrected chi connectivity index (χ0v) is 8.29. The maximum absolute atomic E-state index is 4.83. The van der Waals surface area contributed by atoms with Crippen molar-refractivity contribution in [2.24, 2.45) is 0 Å². The summed E-state index contributed by atoms with van der Waals surface area (Å²) in [6.07, 6.45) is 0. The first-order valence-electron chi connectivity index (χ1n) is 4.51. The molecule has 1 aromatic carbocycles. The highest BCUT2D eigenvalue weighted by Gasteiger charge is 2.05. The van der Waals surface area contributed by atoms with Crippen LogP contribution in [0.2, 0.25) is 0 Å². The molecule has 1 aromatic heterocycles. The van der Waals surface area contributed by atoms with Crippen LogP contribution in [-0.2, 0) is 11.4 Å².